The summed E-state index contributed by atoms with van der Waals surface area (Å²) in [6.45, 7) is 6.74. The zero-order valence-corrected chi connectivity index (χ0v) is 42.9. The molecular formula is C51H86N8O13. The van der Waals surface area contributed by atoms with Gasteiger partial charge in [0.1, 0.15) is 23.1 Å². The quantitative estimate of drug-likeness (QED) is 0.0313. The molecule has 72 heavy (non-hydrogen) atoms. The number of hydrogen-bond acceptors (Lipinski definition) is 14. The fraction of sp³-hybridized carbons (Fsp3) is 0.725. The fourth-order valence-corrected chi connectivity index (χ4v) is 7.53. The summed E-state index contributed by atoms with van der Waals surface area (Å²) in [6, 6.07) is -0.573. The number of aliphatic carboxylic acids is 1. The molecule has 21 nitrogen and oxygen atoms in total. The second-order valence-electron chi connectivity index (χ2n) is 18.2. The van der Waals surface area contributed by atoms with Crippen molar-refractivity contribution in [2.75, 3.05) is 45.8 Å². The number of carboxylic acids is 1. The Morgan fingerprint density at radius 1 is 0.431 bits per heavy atom. The number of amides is 6. The predicted molar refractivity (Wildman–Crippen MR) is 271 cm³/mol. The number of ketones is 5. The normalized spacial score (nSPS) is 11.6. The van der Waals surface area contributed by atoms with Gasteiger partial charge in [0.15, 0.2) is 5.78 Å². The molecule has 0 saturated heterocycles. The van der Waals surface area contributed by atoms with E-state index in [1.807, 2.05) is 0 Å². The SMILES string of the molecule is C=C(CCCC(=O)CCCC(=O)CCCC(=O)CCCC(=O)CCCC(=O)C(CCCCN)NC(C)=O)CC(CCCCN)C(=O)NCCC(=O)NCCC(=O)NCCC(=O)NCCC(=O)NCCC(=O)O. The Morgan fingerprint density at radius 2 is 0.778 bits per heavy atom. The minimum atomic E-state index is -1.03. The average molecular weight is 1020 g/mol. The molecule has 408 valence electrons. The smallest absolute Gasteiger partial charge is 0.305 e. The van der Waals surface area contributed by atoms with E-state index in [1.165, 1.54) is 6.92 Å². The second-order valence-corrected chi connectivity index (χ2v) is 18.2. The zero-order chi connectivity index (χ0) is 53.9. The largest absolute Gasteiger partial charge is 0.481 e. The third-order valence-corrected chi connectivity index (χ3v) is 11.6. The van der Waals surface area contributed by atoms with Gasteiger partial charge in [-0.1, -0.05) is 18.6 Å². The summed E-state index contributed by atoms with van der Waals surface area (Å²) in [7, 11) is 0. The number of nitrogens with two attached hydrogens (primary N) is 2. The lowest BCUT2D eigenvalue weighted by Gasteiger charge is -2.18. The van der Waals surface area contributed by atoms with Gasteiger partial charge in [-0.25, -0.2) is 0 Å². The third-order valence-electron chi connectivity index (χ3n) is 11.6. The summed E-state index contributed by atoms with van der Waals surface area (Å²) in [5.74, 6) is -3.55. The van der Waals surface area contributed by atoms with Crippen LogP contribution >= 0.6 is 0 Å². The lowest BCUT2D eigenvalue weighted by atomic mass is 9.91. The van der Waals surface area contributed by atoms with Crippen LogP contribution < -0.4 is 43.4 Å². The first-order chi connectivity index (χ1) is 34.4. The summed E-state index contributed by atoms with van der Waals surface area (Å²) < 4.78 is 0. The van der Waals surface area contributed by atoms with Gasteiger partial charge in [-0.3, -0.25) is 57.5 Å². The van der Waals surface area contributed by atoms with Crippen LogP contribution in [0.5, 0.6) is 0 Å². The number of allylic oxidation sites excluding steroid dienone is 1. The van der Waals surface area contributed by atoms with Gasteiger partial charge in [-0.2, -0.15) is 0 Å². The Hall–Kier alpha value is -5.70. The molecule has 0 fully saturated rings. The Kier molecular flexibility index (Phi) is 39.5. The molecule has 0 radical (unpaired) electrons. The molecule has 0 saturated carbocycles. The summed E-state index contributed by atoms with van der Waals surface area (Å²) in [4.78, 5) is 145. The van der Waals surface area contributed by atoms with Gasteiger partial charge in [0.25, 0.3) is 0 Å². The van der Waals surface area contributed by atoms with Gasteiger partial charge in [0.2, 0.25) is 35.4 Å². The molecule has 11 N–H and O–H groups in total. The molecule has 0 heterocycles. The lowest BCUT2D eigenvalue weighted by molar-refractivity contribution is -0.137. The van der Waals surface area contributed by atoms with Crippen molar-refractivity contribution in [3.63, 3.8) is 0 Å². The first-order valence-corrected chi connectivity index (χ1v) is 25.9. The van der Waals surface area contributed by atoms with Crippen molar-refractivity contribution in [2.24, 2.45) is 17.4 Å². The van der Waals surface area contributed by atoms with Crippen molar-refractivity contribution < 1.29 is 62.6 Å². The number of nitrogens with one attached hydrogen (secondary N) is 6. The molecule has 0 aromatic rings. The minimum Gasteiger partial charge on any atom is -0.481 e. The van der Waals surface area contributed by atoms with E-state index in [0.29, 0.717) is 77.3 Å². The zero-order valence-electron chi connectivity index (χ0n) is 42.9. The molecule has 0 aliphatic rings. The molecule has 0 rings (SSSR count). The molecule has 0 spiro atoms. The summed E-state index contributed by atoms with van der Waals surface area (Å²) in [6.07, 6.45) is 9.15. The number of carbonyl (C=O) groups is 12. The van der Waals surface area contributed by atoms with Crippen molar-refractivity contribution in [3.8, 4) is 0 Å². The van der Waals surface area contributed by atoms with Gasteiger partial charge in [-0.05, 0) is 90.1 Å². The topological polar surface area (TPSA) is 349 Å². The Balaban J connectivity index is 4.27. The monoisotopic (exact) mass is 1020 g/mol. The molecule has 0 aliphatic heterocycles. The van der Waals surface area contributed by atoms with E-state index in [2.05, 4.69) is 38.5 Å². The maximum Gasteiger partial charge on any atom is 0.305 e. The van der Waals surface area contributed by atoms with Crippen LogP contribution in [0.3, 0.4) is 0 Å². The second kappa shape index (κ2) is 42.9. The molecule has 2 unspecified atom stereocenters. The van der Waals surface area contributed by atoms with Gasteiger partial charge >= 0.3 is 5.97 Å². The van der Waals surface area contributed by atoms with Crippen LogP contribution in [0.15, 0.2) is 12.2 Å². The Bertz CT molecular complexity index is 1760. The highest BCUT2D eigenvalue weighted by Gasteiger charge is 2.21. The van der Waals surface area contributed by atoms with Crippen LogP contribution in [0, 0.1) is 5.92 Å². The number of unbranched alkanes of at least 4 members (excludes halogenated alkanes) is 2. The van der Waals surface area contributed by atoms with Crippen LogP contribution in [0.25, 0.3) is 0 Å². The van der Waals surface area contributed by atoms with Crippen molar-refractivity contribution in [3.05, 3.63) is 12.2 Å². The van der Waals surface area contributed by atoms with E-state index in [1.54, 1.807) is 0 Å². The highest BCUT2D eigenvalue weighted by molar-refractivity contribution is 5.89. The molecule has 0 aromatic heterocycles. The van der Waals surface area contributed by atoms with Gasteiger partial charge < -0.3 is 48.5 Å². The number of rotatable bonds is 48. The van der Waals surface area contributed by atoms with E-state index in [-0.39, 0.29) is 181 Å². The van der Waals surface area contributed by atoms with Crippen LogP contribution in [0.2, 0.25) is 0 Å². The standard InChI is InChI=1S/C51H86N8O13/c1-37(12-7-14-40(61)15-8-16-41(62)17-9-18-42(63)19-10-20-43(64)21-11-23-45(65)44(59-38(2)60)22-4-6-30-53)36-39(13-3-5-29-52)51(72)58-34-27-49(69)56-32-25-47(67)54-31-24-46(66)55-33-26-48(68)57-35-28-50(70)71/h39,44H,1,3-36,52-53H2,2H3,(H,54,67)(H,55,66)(H,56,69)(H,57,68)(H,58,72)(H,59,60)(H,70,71). The van der Waals surface area contributed by atoms with Crippen LogP contribution in [-0.2, 0) is 57.5 Å². The van der Waals surface area contributed by atoms with Crippen LogP contribution in [-0.4, -0.2) is 127 Å². The number of carbonyl (C=O) groups excluding carboxylic acids is 11. The van der Waals surface area contributed by atoms with Crippen molar-refractivity contribution in [1.82, 2.24) is 31.9 Å². The highest BCUT2D eigenvalue weighted by atomic mass is 16.4. The van der Waals surface area contributed by atoms with Gasteiger partial charge in [0.05, 0.1) is 12.5 Å². The minimum absolute atomic E-state index is 0.00343. The molecule has 21 heteroatoms. The van der Waals surface area contributed by atoms with Gasteiger partial charge in [-0.15, -0.1) is 0 Å². The molecular weight excluding hydrogens is 933 g/mol. The highest BCUT2D eigenvalue weighted by Crippen LogP contribution is 2.22. The predicted octanol–water partition coefficient (Wildman–Crippen LogP) is 2.62. The number of Topliss-reactive ketones (excluding diaryl/α,β-unsaturated/α-hetero) is 5. The van der Waals surface area contributed by atoms with Crippen molar-refractivity contribution in [1.29, 1.82) is 0 Å². The van der Waals surface area contributed by atoms with Crippen molar-refractivity contribution >= 4 is 70.3 Å². The van der Waals surface area contributed by atoms with E-state index < -0.39 is 17.9 Å². The average Bonchev–Trinajstić information content (AvgIpc) is 3.30. The number of carboxylic acid groups (broad SMARTS) is 1. The Labute approximate surface area is 425 Å². The van der Waals surface area contributed by atoms with E-state index in [9.17, 15) is 57.5 Å². The van der Waals surface area contributed by atoms with E-state index in [4.69, 9.17) is 16.6 Å². The van der Waals surface area contributed by atoms with E-state index in [0.717, 1.165) is 31.3 Å². The summed E-state index contributed by atoms with van der Waals surface area (Å²) in [5.41, 5.74) is 12.0. The maximum absolute atomic E-state index is 13.1. The Morgan fingerprint density at radius 3 is 1.15 bits per heavy atom. The van der Waals surface area contributed by atoms with Crippen LogP contribution in [0.1, 0.15) is 180 Å². The first-order valence-electron chi connectivity index (χ1n) is 25.9. The maximum atomic E-state index is 13.1. The molecule has 2 atom stereocenters. The third kappa shape index (κ3) is 40.0. The molecule has 6 amide bonds. The molecule has 0 bridgehead atoms. The first kappa shape index (κ1) is 66.3. The molecule has 0 aliphatic carbocycles. The van der Waals surface area contributed by atoms with Gasteiger partial charge in [0, 0.05) is 129 Å². The van der Waals surface area contributed by atoms with Crippen LogP contribution in [0.4, 0.5) is 0 Å². The lowest BCUT2D eigenvalue weighted by Crippen LogP contribution is -2.39. The van der Waals surface area contributed by atoms with E-state index >= 15 is 0 Å². The summed E-state index contributed by atoms with van der Waals surface area (Å²) in [5, 5.41) is 24.2. The number of hydrogen-bond donors (Lipinski definition) is 9. The molecule has 0 aromatic carbocycles. The summed E-state index contributed by atoms with van der Waals surface area (Å²) >= 11 is 0. The van der Waals surface area contributed by atoms with Crippen molar-refractivity contribution in [2.45, 2.75) is 186 Å². The fourth-order valence-electron chi connectivity index (χ4n) is 7.53.